The number of nitriles is 1. The second kappa shape index (κ2) is 9.77. The third-order valence-electron chi connectivity index (χ3n) is 5.16. The topological polar surface area (TPSA) is 62.1 Å². The average Bonchev–Trinajstić information content (AvgIpc) is 2.75. The Hall–Kier alpha value is -3.84. The number of hydrogen-bond acceptors (Lipinski definition) is 3. The Morgan fingerprint density at radius 3 is 2.32 bits per heavy atom. The summed E-state index contributed by atoms with van der Waals surface area (Å²) < 4.78 is 5.86. The van der Waals surface area contributed by atoms with Gasteiger partial charge in [0.25, 0.3) is 5.91 Å². The van der Waals surface area contributed by atoms with Gasteiger partial charge in [0.05, 0.1) is 0 Å². The fourth-order valence-corrected chi connectivity index (χ4v) is 3.18. The van der Waals surface area contributed by atoms with Crippen molar-refractivity contribution >= 4 is 17.7 Å². The normalized spacial score (nSPS) is 11.0. The minimum absolute atomic E-state index is 0.0452. The molecule has 156 valence electrons. The van der Waals surface area contributed by atoms with Gasteiger partial charge in [0.2, 0.25) is 0 Å². The summed E-state index contributed by atoms with van der Waals surface area (Å²) in [5.74, 6) is 0.304. The Labute approximate surface area is 183 Å². The van der Waals surface area contributed by atoms with Gasteiger partial charge in [0.15, 0.2) is 0 Å². The second-order valence-electron chi connectivity index (χ2n) is 7.72. The van der Waals surface area contributed by atoms with Gasteiger partial charge in [-0.25, -0.2) is 0 Å². The van der Waals surface area contributed by atoms with E-state index in [0.717, 1.165) is 28.0 Å². The smallest absolute Gasteiger partial charge is 0.266 e. The number of amides is 1. The summed E-state index contributed by atoms with van der Waals surface area (Å²) in [6.45, 7) is 8.58. The minimum atomic E-state index is -0.426. The van der Waals surface area contributed by atoms with Crippen molar-refractivity contribution in [3.8, 4) is 11.8 Å². The highest BCUT2D eigenvalue weighted by Crippen LogP contribution is 2.19. The number of rotatable bonds is 6. The third-order valence-corrected chi connectivity index (χ3v) is 5.16. The predicted octanol–water partition coefficient (Wildman–Crippen LogP) is 6.04. The molecule has 1 N–H and O–H groups in total. The molecule has 0 aliphatic carbocycles. The van der Waals surface area contributed by atoms with E-state index in [1.54, 1.807) is 6.08 Å². The van der Waals surface area contributed by atoms with Crippen molar-refractivity contribution in [3.63, 3.8) is 0 Å². The van der Waals surface area contributed by atoms with Crippen LogP contribution in [0.3, 0.4) is 0 Å². The Morgan fingerprint density at radius 1 is 0.935 bits per heavy atom. The molecule has 3 rings (SSSR count). The first-order valence-electron chi connectivity index (χ1n) is 10.1. The molecule has 0 fully saturated rings. The number of anilines is 1. The molecule has 0 bridgehead atoms. The van der Waals surface area contributed by atoms with Crippen LogP contribution in [0.25, 0.3) is 6.08 Å². The summed E-state index contributed by atoms with van der Waals surface area (Å²) in [6.07, 6.45) is 1.58. The van der Waals surface area contributed by atoms with Crippen LogP contribution < -0.4 is 10.1 Å². The standard InChI is InChI=1S/C27H26N2O2/c1-18-5-12-26(21(4)13-18)29-27(30)24(16-28)15-22-8-10-25(11-9-22)31-17-23-7-6-19(2)20(3)14-23/h5-15H,17H2,1-4H3,(H,29,30)/b24-15+. The van der Waals surface area contributed by atoms with E-state index in [-0.39, 0.29) is 5.57 Å². The molecule has 1 amide bonds. The van der Waals surface area contributed by atoms with E-state index < -0.39 is 5.91 Å². The lowest BCUT2D eigenvalue weighted by Gasteiger charge is -2.09. The van der Waals surface area contributed by atoms with Crippen molar-refractivity contribution in [1.29, 1.82) is 5.26 Å². The number of benzene rings is 3. The number of carbonyl (C=O) groups is 1. The molecule has 31 heavy (non-hydrogen) atoms. The van der Waals surface area contributed by atoms with Crippen LogP contribution in [0.2, 0.25) is 0 Å². The molecular formula is C27H26N2O2. The van der Waals surface area contributed by atoms with E-state index in [1.807, 2.05) is 62.4 Å². The highest BCUT2D eigenvalue weighted by Gasteiger charge is 2.11. The van der Waals surface area contributed by atoms with Crippen molar-refractivity contribution < 1.29 is 9.53 Å². The van der Waals surface area contributed by atoms with Crippen molar-refractivity contribution in [2.75, 3.05) is 5.32 Å². The molecule has 0 aliphatic heterocycles. The van der Waals surface area contributed by atoms with Gasteiger partial charge in [-0.15, -0.1) is 0 Å². The van der Waals surface area contributed by atoms with Gasteiger partial charge in [-0.2, -0.15) is 5.26 Å². The monoisotopic (exact) mass is 410 g/mol. The van der Waals surface area contributed by atoms with Gasteiger partial charge in [-0.3, -0.25) is 4.79 Å². The largest absolute Gasteiger partial charge is 0.489 e. The first-order chi connectivity index (χ1) is 14.9. The van der Waals surface area contributed by atoms with Gasteiger partial charge in [-0.1, -0.05) is 48.0 Å². The van der Waals surface area contributed by atoms with Crippen molar-refractivity contribution in [2.45, 2.75) is 34.3 Å². The zero-order valence-corrected chi connectivity index (χ0v) is 18.3. The Bertz CT molecular complexity index is 1170. The molecular weight excluding hydrogens is 384 g/mol. The number of aryl methyl sites for hydroxylation is 4. The maximum absolute atomic E-state index is 12.5. The summed E-state index contributed by atoms with van der Waals surface area (Å²) in [5, 5.41) is 12.3. The van der Waals surface area contributed by atoms with Crippen molar-refractivity contribution in [1.82, 2.24) is 0 Å². The predicted molar refractivity (Wildman–Crippen MR) is 125 cm³/mol. The van der Waals surface area contributed by atoms with E-state index in [4.69, 9.17) is 4.74 Å². The van der Waals surface area contributed by atoms with Gasteiger partial charge in [0.1, 0.15) is 24.0 Å². The van der Waals surface area contributed by atoms with Crippen LogP contribution in [0, 0.1) is 39.0 Å². The molecule has 3 aromatic rings. The fourth-order valence-electron chi connectivity index (χ4n) is 3.18. The molecule has 0 atom stereocenters. The number of carbonyl (C=O) groups excluding carboxylic acids is 1. The van der Waals surface area contributed by atoms with Crippen LogP contribution in [0.1, 0.15) is 33.4 Å². The molecule has 0 saturated heterocycles. The van der Waals surface area contributed by atoms with Crippen LogP contribution in [-0.4, -0.2) is 5.91 Å². The first kappa shape index (κ1) is 21.9. The lowest BCUT2D eigenvalue weighted by molar-refractivity contribution is -0.112. The Kier molecular flexibility index (Phi) is 6.89. The van der Waals surface area contributed by atoms with E-state index in [1.165, 1.54) is 11.1 Å². The third kappa shape index (κ3) is 5.83. The SMILES string of the molecule is Cc1ccc(NC(=O)/C(C#N)=C/c2ccc(OCc3ccc(C)c(C)c3)cc2)c(C)c1. The van der Waals surface area contributed by atoms with Crippen LogP contribution in [-0.2, 0) is 11.4 Å². The van der Waals surface area contributed by atoms with E-state index in [9.17, 15) is 10.1 Å². The molecule has 0 aliphatic rings. The Morgan fingerprint density at radius 2 is 1.68 bits per heavy atom. The van der Waals surface area contributed by atoms with Crippen LogP contribution in [0.15, 0.2) is 66.2 Å². The van der Waals surface area contributed by atoms with E-state index >= 15 is 0 Å². The maximum atomic E-state index is 12.5. The summed E-state index contributed by atoms with van der Waals surface area (Å²) in [5.41, 5.74) is 7.19. The zero-order valence-electron chi connectivity index (χ0n) is 18.3. The quantitative estimate of drug-likeness (QED) is 0.398. The van der Waals surface area contributed by atoms with Gasteiger partial charge in [-0.05, 0) is 79.8 Å². The van der Waals surface area contributed by atoms with Gasteiger partial charge >= 0.3 is 0 Å². The molecule has 0 aromatic heterocycles. The van der Waals surface area contributed by atoms with Gasteiger partial charge < -0.3 is 10.1 Å². The fraction of sp³-hybridized carbons (Fsp3) is 0.185. The molecule has 0 radical (unpaired) electrons. The lowest BCUT2D eigenvalue weighted by Crippen LogP contribution is -2.14. The highest BCUT2D eigenvalue weighted by molar-refractivity contribution is 6.09. The number of nitrogens with one attached hydrogen (secondary N) is 1. The van der Waals surface area contributed by atoms with Crippen LogP contribution in [0.5, 0.6) is 5.75 Å². The summed E-state index contributed by atoms with van der Waals surface area (Å²) in [6, 6.07) is 21.4. The first-order valence-corrected chi connectivity index (χ1v) is 10.1. The molecule has 0 saturated carbocycles. The van der Waals surface area contributed by atoms with E-state index in [2.05, 4.69) is 37.4 Å². The molecule has 0 spiro atoms. The maximum Gasteiger partial charge on any atom is 0.266 e. The number of nitrogens with zero attached hydrogens (tertiary/aromatic N) is 1. The van der Waals surface area contributed by atoms with Crippen LogP contribution >= 0.6 is 0 Å². The van der Waals surface area contributed by atoms with E-state index in [0.29, 0.717) is 12.3 Å². The summed E-state index contributed by atoms with van der Waals surface area (Å²) >= 11 is 0. The number of hydrogen-bond donors (Lipinski definition) is 1. The van der Waals surface area contributed by atoms with Gasteiger partial charge in [0, 0.05) is 5.69 Å². The van der Waals surface area contributed by atoms with Crippen LogP contribution in [0.4, 0.5) is 5.69 Å². The lowest BCUT2D eigenvalue weighted by atomic mass is 10.1. The summed E-state index contributed by atoms with van der Waals surface area (Å²) in [4.78, 5) is 12.5. The molecule has 3 aromatic carbocycles. The molecule has 0 heterocycles. The minimum Gasteiger partial charge on any atom is -0.489 e. The molecule has 4 nitrogen and oxygen atoms in total. The highest BCUT2D eigenvalue weighted by atomic mass is 16.5. The average molecular weight is 411 g/mol. The molecule has 0 unspecified atom stereocenters. The van der Waals surface area contributed by atoms with Crippen molar-refractivity contribution in [3.05, 3.63) is 99.6 Å². The summed E-state index contributed by atoms with van der Waals surface area (Å²) in [7, 11) is 0. The second-order valence-corrected chi connectivity index (χ2v) is 7.72. The van der Waals surface area contributed by atoms with Crippen molar-refractivity contribution in [2.24, 2.45) is 0 Å². The zero-order chi connectivity index (χ0) is 22.4. The Balaban J connectivity index is 1.66. The molecule has 4 heteroatoms. The number of ether oxygens (including phenoxy) is 1.